The first-order valence-corrected chi connectivity index (χ1v) is 3.08. The van der Waals surface area contributed by atoms with E-state index in [9.17, 15) is 10.1 Å². The van der Waals surface area contributed by atoms with Gasteiger partial charge in [-0.15, -0.1) is 0 Å². The molecule has 1 aliphatic heterocycles. The summed E-state index contributed by atoms with van der Waals surface area (Å²) in [6, 6.07) is 0. The Hall–Kier alpha value is -1.36. The number of allylic oxidation sites excluding steroid dienone is 2. The van der Waals surface area contributed by atoms with E-state index in [-0.39, 0.29) is 0 Å². The van der Waals surface area contributed by atoms with Crippen LogP contribution in [0.2, 0.25) is 0 Å². The molecule has 0 amide bonds. The predicted octanol–water partition coefficient (Wildman–Crippen LogP) is 0.754. The van der Waals surface area contributed by atoms with Crippen molar-refractivity contribution in [2.75, 3.05) is 0 Å². The molecule has 0 aromatic rings. The largest absolute Gasteiger partial charge is 0.327 e. The minimum Gasteiger partial charge on any atom is -0.283 e. The lowest BCUT2D eigenvalue weighted by Crippen LogP contribution is -2.34. The highest BCUT2D eigenvalue weighted by Crippen LogP contribution is 2.10. The summed E-state index contributed by atoms with van der Waals surface area (Å²) in [5.74, 6) is 0. The highest BCUT2D eigenvalue weighted by atomic mass is 16.6. The number of rotatable bonds is 1. The Balaban J connectivity index is 2.77. The quantitative estimate of drug-likeness (QED) is 0.449. The molecule has 1 N–H and O–H groups in total. The SMILES string of the molecule is CC1=CN(O)[C@@H]([N+](=O)[O-])C=C1. The average molecular weight is 156 g/mol. The molecule has 0 bridgehead atoms. The minimum atomic E-state index is -1.14. The maximum atomic E-state index is 10.2. The smallest absolute Gasteiger partial charge is 0.283 e. The van der Waals surface area contributed by atoms with E-state index in [1.807, 2.05) is 0 Å². The van der Waals surface area contributed by atoms with Gasteiger partial charge in [-0.1, -0.05) is 6.08 Å². The van der Waals surface area contributed by atoms with Gasteiger partial charge in [0.2, 0.25) is 0 Å². The number of hydrogen-bond donors (Lipinski definition) is 1. The summed E-state index contributed by atoms with van der Waals surface area (Å²) < 4.78 is 0. The highest BCUT2D eigenvalue weighted by Gasteiger charge is 2.23. The third-order valence-electron chi connectivity index (χ3n) is 1.35. The van der Waals surface area contributed by atoms with Crippen LogP contribution in [0.1, 0.15) is 6.92 Å². The van der Waals surface area contributed by atoms with Crippen molar-refractivity contribution in [2.24, 2.45) is 0 Å². The van der Waals surface area contributed by atoms with E-state index in [1.165, 1.54) is 12.3 Å². The first-order chi connectivity index (χ1) is 5.11. The Morgan fingerprint density at radius 3 is 2.91 bits per heavy atom. The zero-order valence-electron chi connectivity index (χ0n) is 5.97. The van der Waals surface area contributed by atoms with Crippen LogP contribution in [0, 0.1) is 10.1 Å². The lowest BCUT2D eigenvalue weighted by Gasteiger charge is -2.17. The summed E-state index contributed by atoms with van der Waals surface area (Å²) in [6.07, 6.45) is 3.10. The van der Waals surface area contributed by atoms with Gasteiger partial charge >= 0.3 is 6.17 Å². The molecule has 0 unspecified atom stereocenters. The van der Waals surface area contributed by atoms with Crippen LogP contribution in [0.5, 0.6) is 0 Å². The fourth-order valence-electron chi connectivity index (χ4n) is 0.821. The summed E-state index contributed by atoms with van der Waals surface area (Å²) in [7, 11) is 0. The lowest BCUT2D eigenvalue weighted by atomic mass is 10.2. The van der Waals surface area contributed by atoms with Crippen LogP contribution >= 0.6 is 0 Å². The molecule has 11 heavy (non-hydrogen) atoms. The molecule has 0 aliphatic carbocycles. The second kappa shape index (κ2) is 2.71. The van der Waals surface area contributed by atoms with E-state index in [1.54, 1.807) is 13.0 Å². The summed E-state index contributed by atoms with van der Waals surface area (Å²) in [5, 5.41) is 19.7. The maximum Gasteiger partial charge on any atom is 0.327 e. The van der Waals surface area contributed by atoms with E-state index < -0.39 is 11.1 Å². The van der Waals surface area contributed by atoms with Gasteiger partial charge in [0.15, 0.2) is 0 Å². The van der Waals surface area contributed by atoms with E-state index >= 15 is 0 Å². The molecule has 1 atom stereocenters. The first kappa shape index (κ1) is 7.74. The van der Waals surface area contributed by atoms with Gasteiger partial charge in [-0.2, -0.15) is 5.06 Å². The zero-order chi connectivity index (χ0) is 8.43. The van der Waals surface area contributed by atoms with Gasteiger partial charge in [-0.05, 0) is 12.5 Å². The van der Waals surface area contributed by atoms with E-state index in [0.29, 0.717) is 5.06 Å². The van der Waals surface area contributed by atoms with Crippen LogP contribution < -0.4 is 0 Å². The fourth-order valence-corrected chi connectivity index (χ4v) is 0.821. The van der Waals surface area contributed by atoms with Gasteiger partial charge in [-0.25, -0.2) is 0 Å². The molecule has 0 saturated carbocycles. The van der Waals surface area contributed by atoms with Crippen molar-refractivity contribution < 1.29 is 10.1 Å². The van der Waals surface area contributed by atoms with Gasteiger partial charge in [0.25, 0.3) is 0 Å². The molecule has 0 aromatic carbocycles. The van der Waals surface area contributed by atoms with Crippen LogP contribution in [-0.2, 0) is 0 Å². The molecule has 5 nitrogen and oxygen atoms in total. The predicted molar refractivity (Wildman–Crippen MR) is 37.3 cm³/mol. The van der Waals surface area contributed by atoms with Gasteiger partial charge in [0.05, 0.1) is 4.92 Å². The van der Waals surface area contributed by atoms with Crippen molar-refractivity contribution in [3.63, 3.8) is 0 Å². The number of nitro groups is 1. The number of hydroxylamine groups is 2. The van der Waals surface area contributed by atoms with Gasteiger partial charge in [-0.3, -0.25) is 15.3 Å². The standard InChI is InChI=1S/C6H8N2O3/c1-5-2-3-6(8(10)11)7(9)4-5/h2-4,6,9H,1H3/t6-/m0/s1. The van der Waals surface area contributed by atoms with E-state index in [2.05, 4.69) is 0 Å². The van der Waals surface area contributed by atoms with Crippen molar-refractivity contribution in [1.29, 1.82) is 0 Å². The van der Waals surface area contributed by atoms with Crippen LogP contribution in [-0.4, -0.2) is 21.4 Å². The Labute approximate surface area is 63.3 Å². The number of hydrogen-bond acceptors (Lipinski definition) is 4. The molecule has 1 rings (SSSR count). The molecule has 60 valence electrons. The van der Waals surface area contributed by atoms with Gasteiger partial charge < -0.3 is 0 Å². The zero-order valence-corrected chi connectivity index (χ0v) is 5.97. The fraction of sp³-hybridized carbons (Fsp3) is 0.333. The van der Waals surface area contributed by atoms with Gasteiger partial charge in [0, 0.05) is 12.3 Å². The van der Waals surface area contributed by atoms with Crippen LogP contribution in [0.25, 0.3) is 0 Å². The van der Waals surface area contributed by atoms with Crippen molar-refractivity contribution in [3.05, 3.63) is 34.0 Å². The monoisotopic (exact) mass is 156 g/mol. The lowest BCUT2D eigenvalue weighted by molar-refractivity contribution is -0.553. The van der Waals surface area contributed by atoms with Crippen LogP contribution in [0.4, 0.5) is 0 Å². The summed E-state index contributed by atoms with van der Waals surface area (Å²) in [5.41, 5.74) is 0.783. The molecule has 0 spiro atoms. The normalized spacial score (nSPS) is 23.3. The number of nitrogens with zero attached hydrogens (tertiary/aromatic N) is 2. The molecule has 5 heteroatoms. The third kappa shape index (κ3) is 1.56. The van der Waals surface area contributed by atoms with Crippen LogP contribution in [0.15, 0.2) is 23.9 Å². The van der Waals surface area contributed by atoms with Crippen molar-refractivity contribution in [2.45, 2.75) is 13.1 Å². The third-order valence-corrected chi connectivity index (χ3v) is 1.35. The summed E-state index contributed by atoms with van der Waals surface area (Å²) in [4.78, 5) is 9.62. The Morgan fingerprint density at radius 2 is 2.45 bits per heavy atom. The molecular weight excluding hydrogens is 148 g/mol. The Kier molecular flexibility index (Phi) is 1.91. The molecule has 0 aromatic heterocycles. The molecule has 1 heterocycles. The Bertz CT molecular complexity index is 234. The van der Waals surface area contributed by atoms with Crippen molar-refractivity contribution >= 4 is 0 Å². The summed E-state index contributed by atoms with van der Waals surface area (Å²) in [6.45, 7) is 1.75. The van der Waals surface area contributed by atoms with Crippen molar-refractivity contribution in [1.82, 2.24) is 5.06 Å². The van der Waals surface area contributed by atoms with E-state index in [0.717, 1.165) is 5.57 Å². The molecular formula is C6H8N2O3. The minimum absolute atomic E-state index is 0.570. The molecule has 1 aliphatic rings. The average Bonchev–Trinajstić information content (AvgIpc) is 1.85. The van der Waals surface area contributed by atoms with E-state index in [4.69, 9.17) is 5.21 Å². The topological polar surface area (TPSA) is 66.6 Å². The Morgan fingerprint density at radius 1 is 1.82 bits per heavy atom. The van der Waals surface area contributed by atoms with Crippen molar-refractivity contribution in [3.8, 4) is 0 Å². The molecule has 0 saturated heterocycles. The second-order valence-electron chi connectivity index (χ2n) is 2.31. The first-order valence-electron chi connectivity index (χ1n) is 3.08. The maximum absolute atomic E-state index is 10.2. The van der Waals surface area contributed by atoms with Crippen LogP contribution in [0.3, 0.4) is 0 Å². The second-order valence-corrected chi connectivity index (χ2v) is 2.31. The van der Waals surface area contributed by atoms with Gasteiger partial charge in [0.1, 0.15) is 0 Å². The summed E-state index contributed by atoms with van der Waals surface area (Å²) >= 11 is 0. The molecule has 0 radical (unpaired) electrons. The highest BCUT2D eigenvalue weighted by molar-refractivity contribution is 5.19. The molecule has 0 fully saturated rings.